The van der Waals surface area contributed by atoms with Gasteiger partial charge in [-0.25, -0.2) is 0 Å². The molecule has 1 N–H and O–H groups in total. The summed E-state index contributed by atoms with van der Waals surface area (Å²) in [5.74, 6) is 1.24. The van der Waals surface area contributed by atoms with Gasteiger partial charge in [0.25, 0.3) is 0 Å². The molecule has 2 saturated heterocycles. The molecular weight excluding hydrogens is 182 g/mol. The highest BCUT2D eigenvalue weighted by atomic mass is 32.2. The number of rotatable bonds is 2. The molecule has 76 valence electrons. The maximum Gasteiger partial charge on any atom is 0.0884 e. The molecule has 0 bridgehead atoms. The smallest absolute Gasteiger partial charge is 0.0884 e. The van der Waals surface area contributed by atoms with Crippen molar-refractivity contribution >= 4 is 11.8 Å². The van der Waals surface area contributed by atoms with Crippen molar-refractivity contribution in [3.05, 3.63) is 0 Å². The molecule has 13 heavy (non-hydrogen) atoms. The van der Waals surface area contributed by atoms with Gasteiger partial charge in [0, 0.05) is 18.4 Å². The Hall–Kier alpha value is 0.270. The first-order chi connectivity index (χ1) is 6.24. The van der Waals surface area contributed by atoms with E-state index in [1.54, 1.807) is 0 Å². The number of nitrogens with one attached hydrogen (secondary N) is 1. The quantitative estimate of drug-likeness (QED) is 0.738. The first-order valence-electron chi connectivity index (χ1n) is 5.28. The van der Waals surface area contributed by atoms with Crippen molar-refractivity contribution in [3.63, 3.8) is 0 Å². The molecule has 0 amide bonds. The number of hydrogen-bond acceptors (Lipinski definition) is 3. The third-order valence-electron chi connectivity index (χ3n) is 3.11. The Bertz CT molecular complexity index is 182. The SMILES string of the molecule is CCC1CSC(C)(C2CCCO2)N1. The molecule has 2 fully saturated rings. The van der Waals surface area contributed by atoms with Crippen LogP contribution in [-0.2, 0) is 4.74 Å². The minimum Gasteiger partial charge on any atom is -0.375 e. The van der Waals surface area contributed by atoms with E-state index in [1.165, 1.54) is 25.0 Å². The zero-order chi connectivity index (χ0) is 9.31. The minimum atomic E-state index is 0.192. The summed E-state index contributed by atoms with van der Waals surface area (Å²) in [6.45, 7) is 5.50. The van der Waals surface area contributed by atoms with Crippen molar-refractivity contribution in [2.45, 2.75) is 50.1 Å². The predicted octanol–water partition coefficient (Wildman–Crippen LogP) is 2.00. The molecule has 0 spiro atoms. The average Bonchev–Trinajstić information content (AvgIpc) is 2.72. The van der Waals surface area contributed by atoms with E-state index in [0.717, 1.165) is 6.61 Å². The van der Waals surface area contributed by atoms with Crippen LogP contribution in [0.3, 0.4) is 0 Å². The maximum atomic E-state index is 5.75. The van der Waals surface area contributed by atoms with Gasteiger partial charge in [-0.1, -0.05) is 6.92 Å². The lowest BCUT2D eigenvalue weighted by Crippen LogP contribution is -2.47. The maximum absolute atomic E-state index is 5.75. The first-order valence-corrected chi connectivity index (χ1v) is 6.26. The van der Waals surface area contributed by atoms with Crippen molar-refractivity contribution in [1.82, 2.24) is 5.32 Å². The molecule has 2 heterocycles. The van der Waals surface area contributed by atoms with Crippen LogP contribution in [0.25, 0.3) is 0 Å². The van der Waals surface area contributed by atoms with Gasteiger partial charge in [0.15, 0.2) is 0 Å². The van der Waals surface area contributed by atoms with Gasteiger partial charge in [0.1, 0.15) is 0 Å². The highest BCUT2D eigenvalue weighted by Crippen LogP contribution is 2.38. The van der Waals surface area contributed by atoms with Gasteiger partial charge in [-0.15, -0.1) is 11.8 Å². The van der Waals surface area contributed by atoms with E-state index in [0.29, 0.717) is 12.1 Å². The molecular formula is C10H19NOS. The Labute approximate surface area is 84.8 Å². The zero-order valence-corrected chi connectivity index (χ0v) is 9.32. The summed E-state index contributed by atoms with van der Waals surface area (Å²) >= 11 is 2.04. The Morgan fingerprint density at radius 3 is 3.00 bits per heavy atom. The topological polar surface area (TPSA) is 21.3 Å². The molecule has 3 heteroatoms. The first kappa shape index (κ1) is 9.81. The summed E-state index contributed by atoms with van der Waals surface area (Å²) in [4.78, 5) is 0.192. The van der Waals surface area contributed by atoms with Crippen LogP contribution < -0.4 is 5.32 Å². The molecule has 0 aromatic rings. The van der Waals surface area contributed by atoms with Crippen LogP contribution in [0.15, 0.2) is 0 Å². The predicted molar refractivity (Wildman–Crippen MR) is 57.1 cm³/mol. The number of ether oxygens (including phenoxy) is 1. The van der Waals surface area contributed by atoms with E-state index in [4.69, 9.17) is 4.74 Å². The van der Waals surface area contributed by atoms with Crippen molar-refractivity contribution < 1.29 is 4.74 Å². The fourth-order valence-electron chi connectivity index (χ4n) is 2.18. The lowest BCUT2D eigenvalue weighted by Gasteiger charge is -2.30. The molecule has 0 saturated carbocycles. The summed E-state index contributed by atoms with van der Waals surface area (Å²) in [6, 6.07) is 0.694. The molecule has 0 radical (unpaired) electrons. The van der Waals surface area contributed by atoms with Crippen LogP contribution in [0.4, 0.5) is 0 Å². The van der Waals surface area contributed by atoms with Crippen molar-refractivity contribution in [3.8, 4) is 0 Å². The fourth-order valence-corrected chi connectivity index (χ4v) is 3.67. The van der Waals surface area contributed by atoms with Crippen LogP contribution in [-0.4, -0.2) is 29.4 Å². The fraction of sp³-hybridized carbons (Fsp3) is 1.00. The highest BCUT2D eigenvalue weighted by Gasteiger charge is 2.42. The van der Waals surface area contributed by atoms with Crippen molar-refractivity contribution in [1.29, 1.82) is 0 Å². The molecule has 0 aromatic heterocycles. The molecule has 2 aliphatic rings. The Balaban J connectivity index is 1.96. The Morgan fingerprint density at radius 1 is 1.62 bits per heavy atom. The minimum absolute atomic E-state index is 0.192. The summed E-state index contributed by atoms with van der Waals surface area (Å²) in [6.07, 6.45) is 4.13. The van der Waals surface area contributed by atoms with Crippen LogP contribution in [0, 0.1) is 0 Å². The Kier molecular flexibility index (Phi) is 2.86. The van der Waals surface area contributed by atoms with E-state index in [9.17, 15) is 0 Å². The molecule has 0 aliphatic carbocycles. The lowest BCUT2D eigenvalue weighted by atomic mass is 10.1. The number of thioether (sulfide) groups is 1. The molecule has 2 aliphatic heterocycles. The van der Waals surface area contributed by atoms with Crippen molar-refractivity contribution in [2.75, 3.05) is 12.4 Å². The van der Waals surface area contributed by atoms with Gasteiger partial charge in [0.05, 0.1) is 11.0 Å². The Morgan fingerprint density at radius 2 is 2.46 bits per heavy atom. The van der Waals surface area contributed by atoms with E-state index in [2.05, 4.69) is 19.2 Å². The summed E-state index contributed by atoms with van der Waals surface area (Å²) in [5, 5.41) is 3.70. The zero-order valence-electron chi connectivity index (χ0n) is 8.51. The van der Waals surface area contributed by atoms with E-state index in [-0.39, 0.29) is 4.87 Å². The summed E-state index contributed by atoms with van der Waals surface area (Å²) < 4.78 is 5.75. The average molecular weight is 201 g/mol. The van der Waals surface area contributed by atoms with E-state index in [1.807, 2.05) is 11.8 Å². The lowest BCUT2D eigenvalue weighted by molar-refractivity contribution is 0.0718. The largest absolute Gasteiger partial charge is 0.375 e. The van der Waals surface area contributed by atoms with Gasteiger partial charge < -0.3 is 4.74 Å². The van der Waals surface area contributed by atoms with E-state index >= 15 is 0 Å². The molecule has 2 rings (SSSR count). The van der Waals surface area contributed by atoms with Gasteiger partial charge >= 0.3 is 0 Å². The van der Waals surface area contributed by atoms with Crippen LogP contribution in [0.5, 0.6) is 0 Å². The standard InChI is InChI=1S/C10H19NOS/c1-3-8-7-13-10(2,11-8)9-5-4-6-12-9/h8-9,11H,3-7H2,1-2H3. The van der Waals surface area contributed by atoms with E-state index < -0.39 is 0 Å². The van der Waals surface area contributed by atoms with Gasteiger partial charge in [-0.05, 0) is 26.2 Å². The second-order valence-corrected chi connectivity index (χ2v) is 5.64. The van der Waals surface area contributed by atoms with Gasteiger partial charge in [0.2, 0.25) is 0 Å². The molecule has 0 aromatic carbocycles. The second kappa shape index (κ2) is 3.79. The van der Waals surface area contributed by atoms with Crippen molar-refractivity contribution in [2.24, 2.45) is 0 Å². The number of hydrogen-bond donors (Lipinski definition) is 1. The van der Waals surface area contributed by atoms with Crippen LogP contribution in [0.1, 0.15) is 33.1 Å². The van der Waals surface area contributed by atoms with Gasteiger partial charge in [-0.2, -0.15) is 0 Å². The second-order valence-electron chi connectivity index (χ2n) is 4.17. The summed E-state index contributed by atoms with van der Waals surface area (Å²) in [7, 11) is 0. The summed E-state index contributed by atoms with van der Waals surface area (Å²) in [5.41, 5.74) is 0. The third-order valence-corrected chi connectivity index (χ3v) is 4.66. The van der Waals surface area contributed by atoms with Gasteiger partial charge in [-0.3, -0.25) is 5.32 Å². The monoisotopic (exact) mass is 201 g/mol. The molecule has 2 nitrogen and oxygen atoms in total. The molecule has 3 atom stereocenters. The highest BCUT2D eigenvalue weighted by molar-refractivity contribution is 8.00. The van der Waals surface area contributed by atoms with Crippen LogP contribution >= 0.6 is 11.8 Å². The molecule has 3 unspecified atom stereocenters. The van der Waals surface area contributed by atoms with Crippen LogP contribution in [0.2, 0.25) is 0 Å². The third kappa shape index (κ3) is 1.88. The normalized spacial score (nSPS) is 45.7.